The molecule has 4 nitrogen and oxygen atoms in total. The van der Waals surface area contributed by atoms with E-state index in [4.69, 9.17) is 4.74 Å². The first kappa shape index (κ1) is 13.2. The Bertz CT molecular complexity index is 553. The van der Waals surface area contributed by atoms with Gasteiger partial charge in [-0.15, -0.1) is 0 Å². The minimum atomic E-state index is -3.18. The topological polar surface area (TPSA) is 60.4 Å². The second kappa shape index (κ2) is 4.48. The van der Waals surface area contributed by atoms with Crippen molar-refractivity contribution in [2.45, 2.75) is 23.7 Å². The number of Topliss-reactive ketones (excluding diaryl/α,β-unsaturated/α-hetero) is 1. The maximum Gasteiger partial charge on any atom is 0.175 e. The van der Waals surface area contributed by atoms with Crippen LogP contribution in [0.3, 0.4) is 0 Å². The first-order chi connectivity index (χ1) is 8.33. The molecule has 1 saturated heterocycles. The molecular weight excluding hydrogens is 252 g/mol. The maximum atomic E-state index is 11.4. The van der Waals surface area contributed by atoms with Crippen molar-refractivity contribution in [2.75, 3.05) is 19.5 Å². The lowest BCUT2D eigenvalue weighted by Crippen LogP contribution is -2.47. The van der Waals surface area contributed by atoms with Gasteiger partial charge in [0.1, 0.15) is 5.78 Å². The van der Waals surface area contributed by atoms with Gasteiger partial charge in [0, 0.05) is 18.1 Å². The van der Waals surface area contributed by atoms with Gasteiger partial charge >= 0.3 is 0 Å². The third-order valence-corrected chi connectivity index (χ3v) is 4.37. The highest BCUT2D eigenvalue weighted by Gasteiger charge is 2.41. The standard InChI is InChI=1S/C13H16O4S/c1-10(14)7-13(8-17-9-13)11-3-5-12(6-4-11)18(2,15)16/h3-6H,7-9H2,1-2H3. The highest BCUT2D eigenvalue weighted by atomic mass is 32.2. The molecule has 1 aromatic rings. The second-order valence-electron chi connectivity index (χ2n) is 4.95. The van der Waals surface area contributed by atoms with E-state index in [0.717, 1.165) is 5.56 Å². The summed E-state index contributed by atoms with van der Waals surface area (Å²) in [5.41, 5.74) is 0.707. The molecule has 0 unspecified atom stereocenters. The summed E-state index contributed by atoms with van der Waals surface area (Å²) in [5.74, 6) is 0.116. The molecule has 0 amide bonds. The van der Waals surface area contributed by atoms with Crippen molar-refractivity contribution in [3.05, 3.63) is 29.8 Å². The van der Waals surface area contributed by atoms with Gasteiger partial charge in [0.05, 0.1) is 18.1 Å². The highest BCUT2D eigenvalue weighted by molar-refractivity contribution is 7.90. The van der Waals surface area contributed by atoms with E-state index in [9.17, 15) is 13.2 Å². The molecule has 0 spiro atoms. The molecule has 0 aliphatic carbocycles. The van der Waals surface area contributed by atoms with Crippen LogP contribution in [0.4, 0.5) is 0 Å². The zero-order valence-corrected chi connectivity index (χ0v) is 11.3. The van der Waals surface area contributed by atoms with E-state index in [-0.39, 0.29) is 11.2 Å². The number of carbonyl (C=O) groups excluding carboxylic acids is 1. The summed E-state index contributed by atoms with van der Waals surface area (Å²) < 4.78 is 28.0. The zero-order chi connectivity index (χ0) is 13.4. The number of hydrogen-bond acceptors (Lipinski definition) is 4. The fraction of sp³-hybridized carbons (Fsp3) is 0.462. The number of hydrogen-bond donors (Lipinski definition) is 0. The monoisotopic (exact) mass is 268 g/mol. The van der Waals surface area contributed by atoms with Crippen LogP contribution < -0.4 is 0 Å². The largest absolute Gasteiger partial charge is 0.379 e. The van der Waals surface area contributed by atoms with Crippen LogP contribution in [0.5, 0.6) is 0 Å². The smallest absolute Gasteiger partial charge is 0.175 e. The summed E-state index contributed by atoms with van der Waals surface area (Å²) in [6.07, 6.45) is 1.62. The predicted molar refractivity (Wildman–Crippen MR) is 67.3 cm³/mol. The summed E-state index contributed by atoms with van der Waals surface area (Å²) in [5, 5.41) is 0. The van der Waals surface area contributed by atoms with E-state index in [0.29, 0.717) is 24.5 Å². The number of carbonyl (C=O) groups is 1. The van der Waals surface area contributed by atoms with Crippen LogP contribution in [-0.4, -0.2) is 33.7 Å². The molecule has 0 N–H and O–H groups in total. The lowest BCUT2D eigenvalue weighted by molar-refractivity contribution is -0.125. The van der Waals surface area contributed by atoms with Gasteiger partial charge in [0.15, 0.2) is 9.84 Å². The molecular formula is C13H16O4S. The van der Waals surface area contributed by atoms with Crippen molar-refractivity contribution in [2.24, 2.45) is 0 Å². The van der Waals surface area contributed by atoms with Gasteiger partial charge in [-0.2, -0.15) is 0 Å². The molecule has 0 saturated carbocycles. The van der Waals surface area contributed by atoms with Crippen LogP contribution in [0.25, 0.3) is 0 Å². The average molecular weight is 268 g/mol. The van der Waals surface area contributed by atoms with E-state index in [2.05, 4.69) is 0 Å². The van der Waals surface area contributed by atoms with Crippen LogP contribution >= 0.6 is 0 Å². The van der Waals surface area contributed by atoms with Crippen LogP contribution in [-0.2, 0) is 24.8 Å². The molecule has 0 aromatic heterocycles. The van der Waals surface area contributed by atoms with Crippen LogP contribution in [0, 0.1) is 0 Å². The third-order valence-electron chi connectivity index (χ3n) is 3.24. The maximum absolute atomic E-state index is 11.4. The van der Waals surface area contributed by atoms with Crippen LogP contribution in [0.15, 0.2) is 29.2 Å². The molecule has 1 fully saturated rings. The minimum Gasteiger partial charge on any atom is -0.379 e. The SMILES string of the molecule is CC(=O)CC1(c2ccc(S(C)(=O)=O)cc2)COC1. The molecule has 0 atom stereocenters. The molecule has 18 heavy (non-hydrogen) atoms. The molecule has 98 valence electrons. The number of benzene rings is 1. The Balaban J connectivity index is 2.31. The molecule has 1 aromatic carbocycles. The Morgan fingerprint density at radius 2 is 1.83 bits per heavy atom. The van der Waals surface area contributed by atoms with Gasteiger partial charge in [-0.1, -0.05) is 12.1 Å². The average Bonchev–Trinajstić information content (AvgIpc) is 2.22. The number of sulfone groups is 1. The number of rotatable bonds is 4. The Hall–Kier alpha value is -1.20. The first-order valence-corrected chi connectivity index (χ1v) is 7.60. The Morgan fingerprint density at radius 3 is 2.17 bits per heavy atom. The number of ketones is 1. The third kappa shape index (κ3) is 2.47. The molecule has 1 aliphatic heterocycles. The molecule has 5 heteroatoms. The Morgan fingerprint density at radius 1 is 1.28 bits per heavy atom. The Labute approximate surface area is 107 Å². The van der Waals surface area contributed by atoms with Gasteiger partial charge in [-0.25, -0.2) is 8.42 Å². The summed E-state index contributed by atoms with van der Waals surface area (Å²) >= 11 is 0. The quantitative estimate of drug-likeness (QED) is 0.826. The minimum absolute atomic E-state index is 0.116. The van der Waals surface area contributed by atoms with Crippen molar-refractivity contribution in [3.63, 3.8) is 0 Å². The molecule has 1 heterocycles. The van der Waals surface area contributed by atoms with Gasteiger partial charge in [-0.3, -0.25) is 4.79 Å². The van der Waals surface area contributed by atoms with Crippen LogP contribution in [0.1, 0.15) is 18.9 Å². The fourth-order valence-electron chi connectivity index (χ4n) is 2.25. The van der Waals surface area contributed by atoms with E-state index in [1.165, 1.54) is 6.26 Å². The lowest BCUT2D eigenvalue weighted by Gasteiger charge is -2.41. The molecule has 2 rings (SSSR count). The van der Waals surface area contributed by atoms with Gasteiger partial charge < -0.3 is 4.74 Å². The van der Waals surface area contributed by atoms with E-state index in [1.54, 1.807) is 31.2 Å². The molecule has 0 bridgehead atoms. The van der Waals surface area contributed by atoms with E-state index >= 15 is 0 Å². The molecule has 1 aliphatic rings. The summed E-state index contributed by atoms with van der Waals surface area (Å²) in [6.45, 7) is 2.60. The van der Waals surface area contributed by atoms with Crippen molar-refractivity contribution in [1.82, 2.24) is 0 Å². The summed E-state index contributed by atoms with van der Waals surface area (Å²) in [4.78, 5) is 11.6. The van der Waals surface area contributed by atoms with Gasteiger partial charge in [0.2, 0.25) is 0 Å². The normalized spacial score (nSPS) is 18.1. The predicted octanol–water partition coefficient (Wildman–Crippen LogP) is 1.34. The highest BCUT2D eigenvalue weighted by Crippen LogP contribution is 2.36. The zero-order valence-electron chi connectivity index (χ0n) is 10.5. The lowest BCUT2D eigenvalue weighted by atomic mass is 9.75. The van der Waals surface area contributed by atoms with Crippen LogP contribution in [0.2, 0.25) is 0 Å². The summed E-state index contributed by atoms with van der Waals surface area (Å²) in [7, 11) is -3.18. The summed E-state index contributed by atoms with van der Waals surface area (Å²) in [6, 6.07) is 6.74. The van der Waals surface area contributed by atoms with Gasteiger partial charge in [-0.05, 0) is 24.6 Å². The van der Waals surface area contributed by atoms with Crippen molar-refractivity contribution in [3.8, 4) is 0 Å². The Kier molecular flexibility index (Phi) is 3.29. The van der Waals surface area contributed by atoms with E-state index < -0.39 is 9.84 Å². The van der Waals surface area contributed by atoms with Crippen molar-refractivity contribution < 1.29 is 17.9 Å². The van der Waals surface area contributed by atoms with Crippen molar-refractivity contribution >= 4 is 15.6 Å². The second-order valence-corrected chi connectivity index (χ2v) is 6.96. The van der Waals surface area contributed by atoms with E-state index in [1.807, 2.05) is 0 Å². The van der Waals surface area contributed by atoms with Gasteiger partial charge in [0.25, 0.3) is 0 Å². The molecule has 0 radical (unpaired) electrons. The number of ether oxygens (including phenoxy) is 1. The van der Waals surface area contributed by atoms with Crippen molar-refractivity contribution in [1.29, 1.82) is 0 Å². The fourth-order valence-corrected chi connectivity index (χ4v) is 2.88. The first-order valence-electron chi connectivity index (χ1n) is 5.71.